The van der Waals surface area contributed by atoms with E-state index in [4.69, 9.17) is 10.00 Å². The molecule has 1 aromatic carbocycles. The van der Waals surface area contributed by atoms with Gasteiger partial charge < -0.3 is 4.74 Å². The standard InChI is InChI=1S/C14H11N3OS/c1-2-18-13-12(16-14-17(13)6-7-19-14)11-5-3-4-10(8-11)9-15/h3-8H,2H2,1H3. The normalized spacial score (nSPS) is 10.5. The van der Waals surface area contributed by atoms with Gasteiger partial charge in [-0.1, -0.05) is 12.1 Å². The number of thiazole rings is 1. The molecule has 3 aromatic rings. The fourth-order valence-electron chi connectivity index (χ4n) is 1.96. The van der Waals surface area contributed by atoms with Crippen molar-refractivity contribution in [3.8, 4) is 23.2 Å². The molecule has 2 aromatic heterocycles. The number of nitrogens with zero attached hydrogens (tertiary/aromatic N) is 3. The Kier molecular flexibility index (Phi) is 2.94. The molecule has 0 atom stereocenters. The van der Waals surface area contributed by atoms with Gasteiger partial charge in [-0.2, -0.15) is 5.26 Å². The van der Waals surface area contributed by atoms with Crippen molar-refractivity contribution in [1.82, 2.24) is 9.38 Å². The summed E-state index contributed by atoms with van der Waals surface area (Å²) in [7, 11) is 0. The van der Waals surface area contributed by atoms with Crippen LogP contribution < -0.4 is 4.74 Å². The Bertz CT molecular complexity index is 766. The van der Waals surface area contributed by atoms with Gasteiger partial charge in [0.1, 0.15) is 5.69 Å². The first-order valence-electron chi connectivity index (χ1n) is 5.92. The number of hydrogen-bond donors (Lipinski definition) is 0. The van der Waals surface area contributed by atoms with Crippen LogP contribution in [0.3, 0.4) is 0 Å². The summed E-state index contributed by atoms with van der Waals surface area (Å²) in [6, 6.07) is 9.55. The quantitative estimate of drug-likeness (QED) is 0.732. The molecule has 19 heavy (non-hydrogen) atoms. The molecule has 0 spiro atoms. The summed E-state index contributed by atoms with van der Waals surface area (Å²) in [5.41, 5.74) is 2.31. The molecule has 0 amide bonds. The predicted molar refractivity (Wildman–Crippen MR) is 74.4 cm³/mol. The minimum atomic E-state index is 0.578. The molecule has 0 N–H and O–H groups in total. The summed E-state index contributed by atoms with van der Waals surface area (Å²) in [6.45, 7) is 2.52. The molecule has 0 radical (unpaired) electrons. The zero-order valence-corrected chi connectivity index (χ0v) is 11.1. The molecular weight excluding hydrogens is 258 g/mol. The molecule has 0 saturated carbocycles. The highest BCUT2D eigenvalue weighted by Crippen LogP contribution is 2.32. The second kappa shape index (κ2) is 4.75. The second-order valence-corrected chi connectivity index (χ2v) is 4.82. The van der Waals surface area contributed by atoms with Crippen LogP contribution in [0.4, 0.5) is 0 Å². The highest BCUT2D eigenvalue weighted by molar-refractivity contribution is 7.15. The maximum atomic E-state index is 8.98. The van der Waals surface area contributed by atoms with Crippen molar-refractivity contribution in [3.63, 3.8) is 0 Å². The smallest absolute Gasteiger partial charge is 0.227 e. The molecule has 2 heterocycles. The molecule has 0 aliphatic heterocycles. The Labute approximate surface area is 114 Å². The van der Waals surface area contributed by atoms with Gasteiger partial charge in [0.2, 0.25) is 5.88 Å². The van der Waals surface area contributed by atoms with Crippen LogP contribution in [0, 0.1) is 11.3 Å². The van der Waals surface area contributed by atoms with Crippen molar-refractivity contribution in [2.24, 2.45) is 0 Å². The zero-order valence-electron chi connectivity index (χ0n) is 10.3. The van der Waals surface area contributed by atoms with E-state index in [9.17, 15) is 0 Å². The average Bonchev–Trinajstić information content (AvgIpc) is 3.02. The van der Waals surface area contributed by atoms with Gasteiger partial charge in [-0.05, 0) is 19.1 Å². The third-order valence-corrected chi connectivity index (χ3v) is 3.52. The first-order valence-corrected chi connectivity index (χ1v) is 6.80. The van der Waals surface area contributed by atoms with E-state index in [0.29, 0.717) is 12.2 Å². The number of fused-ring (bicyclic) bond motifs is 1. The Balaban J connectivity index is 2.20. The molecule has 0 unspecified atom stereocenters. The van der Waals surface area contributed by atoms with E-state index in [1.165, 1.54) is 0 Å². The van der Waals surface area contributed by atoms with Crippen LogP contribution in [0.1, 0.15) is 12.5 Å². The van der Waals surface area contributed by atoms with Crippen LogP contribution in [0.5, 0.6) is 5.88 Å². The summed E-state index contributed by atoms with van der Waals surface area (Å²) in [5, 5.41) is 10.9. The molecular formula is C14H11N3OS. The number of imidazole rings is 1. The minimum absolute atomic E-state index is 0.578. The van der Waals surface area contributed by atoms with Gasteiger partial charge in [0.15, 0.2) is 4.96 Å². The van der Waals surface area contributed by atoms with E-state index in [0.717, 1.165) is 22.1 Å². The molecule has 5 heteroatoms. The largest absolute Gasteiger partial charge is 0.477 e. The predicted octanol–water partition coefficient (Wildman–Crippen LogP) is 3.33. The summed E-state index contributed by atoms with van der Waals surface area (Å²) < 4.78 is 7.63. The molecule has 94 valence electrons. The molecule has 3 rings (SSSR count). The summed E-state index contributed by atoms with van der Waals surface area (Å²) >= 11 is 1.56. The average molecular weight is 269 g/mol. The van der Waals surface area contributed by atoms with Gasteiger partial charge in [0.05, 0.1) is 18.2 Å². The van der Waals surface area contributed by atoms with Crippen molar-refractivity contribution in [3.05, 3.63) is 41.4 Å². The second-order valence-electron chi connectivity index (χ2n) is 3.95. The van der Waals surface area contributed by atoms with E-state index in [-0.39, 0.29) is 0 Å². The molecule has 0 aliphatic rings. The van der Waals surface area contributed by atoms with Gasteiger partial charge in [-0.25, -0.2) is 4.98 Å². The summed E-state index contributed by atoms with van der Waals surface area (Å²) in [4.78, 5) is 5.47. The van der Waals surface area contributed by atoms with E-state index in [1.54, 1.807) is 17.4 Å². The number of rotatable bonds is 3. The molecule has 0 fully saturated rings. The maximum Gasteiger partial charge on any atom is 0.227 e. The van der Waals surface area contributed by atoms with Gasteiger partial charge in [0, 0.05) is 17.1 Å². The monoisotopic (exact) mass is 269 g/mol. The van der Waals surface area contributed by atoms with Crippen LogP contribution >= 0.6 is 11.3 Å². The van der Waals surface area contributed by atoms with Crippen molar-refractivity contribution >= 4 is 16.3 Å². The Hall–Kier alpha value is -2.32. The van der Waals surface area contributed by atoms with Crippen LogP contribution in [0.25, 0.3) is 16.2 Å². The van der Waals surface area contributed by atoms with Crippen molar-refractivity contribution in [2.75, 3.05) is 6.61 Å². The van der Waals surface area contributed by atoms with E-state index in [2.05, 4.69) is 11.1 Å². The van der Waals surface area contributed by atoms with E-state index >= 15 is 0 Å². The highest BCUT2D eigenvalue weighted by atomic mass is 32.1. The van der Waals surface area contributed by atoms with Gasteiger partial charge in [-0.3, -0.25) is 4.40 Å². The van der Waals surface area contributed by atoms with Crippen molar-refractivity contribution in [1.29, 1.82) is 5.26 Å². The van der Waals surface area contributed by atoms with E-state index in [1.807, 2.05) is 41.1 Å². The lowest BCUT2D eigenvalue weighted by atomic mass is 10.1. The summed E-state index contributed by atoms with van der Waals surface area (Å²) in [6.07, 6.45) is 1.94. The van der Waals surface area contributed by atoms with Crippen LogP contribution in [0.15, 0.2) is 35.8 Å². The number of nitriles is 1. The minimum Gasteiger partial charge on any atom is -0.477 e. The number of ether oxygens (including phenoxy) is 1. The summed E-state index contributed by atoms with van der Waals surface area (Å²) in [5.74, 6) is 0.730. The van der Waals surface area contributed by atoms with Gasteiger partial charge in [-0.15, -0.1) is 11.3 Å². The van der Waals surface area contributed by atoms with E-state index < -0.39 is 0 Å². The van der Waals surface area contributed by atoms with Crippen LogP contribution in [-0.2, 0) is 0 Å². The number of hydrogen-bond acceptors (Lipinski definition) is 4. The lowest BCUT2D eigenvalue weighted by Crippen LogP contribution is -1.96. The molecule has 0 aliphatic carbocycles. The Morgan fingerprint density at radius 2 is 2.37 bits per heavy atom. The molecule has 0 saturated heterocycles. The fraction of sp³-hybridized carbons (Fsp3) is 0.143. The van der Waals surface area contributed by atoms with Crippen LogP contribution in [-0.4, -0.2) is 16.0 Å². The molecule has 4 nitrogen and oxygen atoms in total. The van der Waals surface area contributed by atoms with Crippen molar-refractivity contribution in [2.45, 2.75) is 6.92 Å². The zero-order chi connectivity index (χ0) is 13.2. The number of benzene rings is 1. The Morgan fingerprint density at radius 3 is 3.16 bits per heavy atom. The number of aromatic nitrogens is 2. The lowest BCUT2D eigenvalue weighted by molar-refractivity contribution is 0.325. The topological polar surface area (TPSA) is 50.3 Å². The molecule has 0 bridgehead atoms. The third kappa shape index (κ3) is 1.96. The fourth-order valence-corrected chi connectivity index (χ4v) is 2.67. The first-order chi connectivity index (χ1) is 9.33. The third-order valence-electron chi connectivity index (χ3n) is 2.76. The van der Waals surface area contributed by atoms with Gasteiger partial charge >= 0.3 is 0 Å². The van der Waals surface area contributed by atoms with Crippen molar-refractivity contribution < 1.29 is 4.74 Å². The highest BCUT2D eigenvalue weighted by Gasteiger charge is 2.16. The maximum absolute atomic E-state index is 8.98. The SMILES string of the molecule is CCOc1c(-c2cccc(C#N)c2)nc2sccn12. The van der Waals surface area contributed by atoms with Crippen LogP contribution in [0.2, 0.25) is 0 Å². The lowest BCUT2D eigenvalue weighted by Gasteiger charge is -2.04. The first kappa shape index (κ1) is 11.8. The Morgan fingerprint density at radius 1 is 1.47 bits per heavy atom. The van der Waals surface area contributed by atoms with Gasteiger partial charge in [0.25, 0.3) is 0 Å².